The number of hydrogen-bond donors (Lipinski definition) is 3. The van der Waals surface area contributed by atoms with Gasteiger partial charge in [-0.3, -0.25) is 19.4 Å². The largest absolute Gasteiger partial charge is 0.487 e. The lowest BCUT2D eigenvalue weighted by Crippen LogP contribution is -2.48. The second-order valence-corrected chi connectivity index (χ2v) is 14.5. The van der Waals surface area contributed by atoms with Gasteiger partial charge in [0, 0.05) is 57.9 Å². The Kier molecular flexibility index (Phi) is 10.1. The smallest absolute Gasteiger partial charge is 0.330 e. The monoisotopic (exact) mass is 676 g/mol. The number of hydrogen-bond acceptors (Lipinski definition) is 8. The van der Waals surface area contributed by atoms with E-state index in [0.717, 1.165) is 65.2 Å². The number of aromatic nitrogens is 3. The summed E-state index contributed by atoms with van der Waals surface area (Å²) in [6.45, 7) is 2.35. The zero-order valence-electron chi connectivity index (χ0n) is 27.5. The number of fused-ring (bicyclic) bond motifs is 1. The van der Waals surface area contributed by atoms with E-state index in [1.165, 1.54) is 6.92 Å². The Hall–Kier alpha value is -4.26. The summed E-state index contributed by atoms with van der Waals surface area (Å²) in [5, 5.41) is 15.1. The van der Waals surface area contributed by atoms with Gasteiger partial charge < -0.3 is 29.9 Å². The summed E-state index contributed by atoms with van der Waals surface area (Å²) >= 11 is 1.59. The molecule has 3 amide bonds. The van der Waals surface area contributed by atoms with E-state index in [0.29, 0.717) is 44.7 Å². The second-order valence-electron chi connectivity index (χ2n) is 13.4. The number of unbranched alkanes of at least 4 members (excludes halogenated alkanes) is 3. The molecule has 3 fully saturated rings. The lowest BCUT2D eigenvalue weighted by Gasteiger charge is -2.24. The number of pyridine rings is 1. The van der Waals surface area contributed by atoms with E-state index in [4.69, 9.17) is 4.74 Å². The van der Waals surface area contributed by atoms with Crippen molar-refractivity contribution in [1.82, 2.24) is 30.1 Å². The SMILES string of the molecule is CC(=O)N[C@]1(C(=O)O)C[C@H]1/C=C\CCCCC[C@H](NC(=O)CC1CC1)C(=O)N1CC[C@@H](Oc2ccnc3cc(-c4nccn4C)sc23)C1. The number of ether oxygens (including phenoxy) is 1. The quantitative estimate of drug-likeness (QED) is 0.149. The van der Waals surface area contributed by atoms with Crippen LogP contribution in [-0.4, -0.2) is 79.0 Å². The fraction of sp³-hybridized carbons (Fsp3) is 0.543. The number of nitrogens with one attached hydrogen (secondary N) is 2. The molecule has 48 heavy (non-hydrogen) atoms. The van der Waals surface area contributed by atoms with Gasteiger partial charge in [-0.15, -0.1) is 11.3 Å². The number of likely N-dealkylation sites (tertiary alicyclic amines) is 1. The van der Waals surface area contributed by atoms with Gasteiger partial charge in [-0.2, -0.15) is 0 Å². The number of nitrogens with zero attached hydrogens (tertiary/aromatic N) is 4. The number of carbonyl (C=O) groups is 4. The van der Waals surface area contributed by atoms with Gasteiger partial charge >= 0.3 is 5.97 Å². The molecule has 0 bridgehead atoms. The van der Waals surface area contributed by atoms with Gasteiger partial charge in [-0.05, 0) is 56.6 Å². The maximum Gasteiger partial charge on any atom is 0.330 e. The molecule has 3 N–H and O–H groups in total. The number of imidazole rings is 1. The van der Waals surface area contributed by atoms with Crippen LogP contribution in [0.25, 0.3) is 20.9 Å². The van der Waals surface area contributed by atoms with Gasteiger partial charge in [0.05, 0.1) is 21.6 Å². The van der Waals surface area contributed by atoms with Crippen molar-refractivity contribution in [3.63, 3.8) is 0 Å². The van der Waals surface area contributed by atoms with Crippen molar-refractivity contribution >= 4 is 45.2 Å². The molecule has 1 aliphatic heterocycles. The number of aryl methyl sites for hydroxylation is 1. The molecule has 3 aromatic rings. The highest BCUT2D eigenvalue weighted by Crippen LogP contribution is 2.45. The standard InChI is InChI=1S/C35H44N6O6S/c1-22(42)39-35(34(45)46)20-24(35)8-6-4-3-5-7-9-26(38-30(43)18-23-10-11-23)33(44)41-16-13-25(21-41)47-28-12-14-36-27-19-29(48-31(27)28)32-37-15-17-40(32)2/h6,8,12,14-15,17,19,23-26H,3-5,7,9-11,13,16,18,20-21H2,1-2H3,(H,38,43)(H,39,42)(H,45,46)/b8-6-/t24-,25-,26+,35-/m1/s1. The normalized spacial score (nSPS) is 22.6. The Morgan fingerprint density at radius 2 is 2.00 bits per heavy atom. The van der Waals surface area contributed by atoms with E-state index in [2.05, 4.69) is 20.6 Å². The molecule has 1 saturated heterocycles. The predicted molar refractivity (Wildman–Crippen MR) is 181 cm³/mol. The highest BCUT2D eigenvalue weighted by Gasteiger charge is 2.60. The van der Waals surface area contributed by atoms with Gasteiger partial charge in [0.2, 0.25) is 17.7 Å². The molecular weight excluding hydrogens is 632 g/mol. The first-order valence-electron chi connectivity index (χ1n) is 16.9. The second kappa shape index (κ2) is 14.5. The maximum atomic E-state index is 13.7. The lowest BCUT2D eigenvalue weighted by molar-refractivity contribution is -0.143. The average molecular weight is 677 g/mol. The molecule has 6 rings (SSSR count). The average Bonchev–Trinajstić information content (AvgIpc) is 3.77. The third-order valence-corrected chi connectivity index (χ3v) is 10.6. The Labute approximate surface area is 283 Å². The first-order valence-corrected chi connectivity index (χ1v) is 17.7. The number of carbonyl (C=O) groups excluding carboxylic acids is 3. The summed E-state index contributed by atoms with van der Waals surface area (Å²) < 4.78 is 9.38. The number of aliphatic carboxylic acids is 1. The van der Waals surface area contributed by atoms with Crippen LogP contribution < -0.4 is 15.4 Å². The van der Waals surface area contributed by atoms with E-state index in [1.807, 2.05) is 47.0 Å². The predicted octanol–water partition coefficient (Wildman–Crippen LogP) is 4.45. The van der Waals surface area contributed by atoms with Crippen LogP contribution in [-0.2, 0) is 26.2 Å². The van der Waals surface area contributed by atoms with Crippen LogP contribution in [0.3, 0.4) is 0 Å². The number of rotatable bonds is 16. The third-order valence-electron chi connectivity index (χ3n) is 9.50. The molecular formula is C35H44N6O6S. The minimum atomic E-state index is -1.17. The van der Waals surface area contributed by atoms with Gasteiger partial charge in [-0.1, -0.05) is 25.0 Å². The first kappa shape index (κ1) is 33.6. The maximum absolute atomic E-state index is 13.7. The van der Waals surface area contributed by atoms with Gasteiger partial charge in [0.25, 0.3) is 0 Å². The zero-order valence-corrected chi connectivity index (χ0v) is 28.3. The van der Waals surface area contributed by atoms with E-state index < -0.39 is 17.6 Å². The first-order chi connectivity index (χ1) is 23.1. The van der Waals surface area contributed by atoms with Gasteiger partial charge in [0.1, 0.15) is 29.3 Å². The van der Waals surface area contributed by atoms with Crippen LogP contribution >= 0.6 is 11.3 Å². The minimum absolute atomic E-state index is 0.0586. The van der Waals surface area contributed by atoms with E-state index in [-0.39, 0.29) is 29.7 Å². The summed E-state index contributed by atoms with van der Waals surface area (Å²) in [6, 6.07) is 3.32. The van der Waals surface area contributed by atoms with Crippen molar-refractivity contribution in [2.75, 3.05) is 13.1 Å². The Morgan fingerprint density at radius 3 is 2.73 bits per heavy atom. The van der Waals surface area contributed by atoms with Crippen LogP contribution in [0, 0.1) is 11.8 Å². The molecule has 3 aromatic heterocycles. The molecule has 2 saturated carbocycles. The Bertz CT molecular complexity index is 1700. The molecule has 0 unspecified atom stereocenters. The lowest BCUT2D eigenvalue weighted by atomic mass is 10.0. The van der Waals surface area contributed by atoms with Gasteiger partial charge in [-0.25, -0.2) is 9.78 Å². The van der Waals surface area contributed by atoms with Gasteiger partial charge in [0.15, 0.2) is 0 Å². The topological polar surface area (TPSA) is 156 Å². The van der Waals surface area contributed by atoms with Crippen LogP contribution in [0.1, 0.15) is 71.1 Å². The van der Waals surface area contributed by atoms with Crippen LogP contribution in [0.15, 0.2) is 42.9 Å². The van der Waals surface area contributed by atoms with Crippen molar-refractivity contribution in [3.05, 3.63) is 42.9 Å². The van der Waals surface area contributed by atoms with Crippen LogP contribution in [0.4, 0.5) is 0 Å². The fourth-order valence-electron chi connectivity index (χ4n) is 6.57. The molecule has 0 radical (unpaired) electrons. The molecule has 4 atom stereocenters. The van der Waals surface area contributed by atoms with Crippen molar-refractivity contribution in [1.29, 1.82) is 0 Å². The highest BCUT2D eigenvalue weighted by molar-refractivity contribution is 7.22. The van der Waals surface area contributed by atoms with Crippen molar-refractivity contribution in [2.24, 2.45) is 18.9 Å². The van der Waals surface area contributed by atoms with E-state index >= 15 is 0 Å². The molecule has 0 spiro atoms. The minimum Gasteiger partial charge on any atom is -0.487 e. The number of amides is 3. The molecule has 0 aromatic carbocycles. The van der Waals surface area contributed by atoms with Crippen LogP contribution in [0.5, 0.6) is 5.75 Å². The number of allylic oxidation sites excluding steroid dienone is 1. The molecule has 13 heteroatoms. The third kappa shape index (κ3) is 7.88. The van der Waals surface area contributed by atoms with E-state index in [9.17, 15) is 24.3 Å². The number of carboxylic acid groups (broad SMARTS) is 1. The number of thiophene rings is 1. The van der Waals surface area contributed by atoms with Crippen molar-refractivity contribution in [3.8, 4) is 16.5 Å². The molecule has 256 valence electrons. The molecule has 2 aliphatic carbocycles. The summed E-state index contributed by atoms with van der Waals surface area (Å²) in [5.41, 5.74) is -0.326. The number of carboxylic acids is 1. The summed E-state index contributed by atoms with van der Waals surface area (Å²) in [5.74, 6) is 0.385. The van der Waals surface area contributed by atoms with Crippen LogP contribution in [0.2, 0.25) is 0 Å². The molecule has 3 aliphatic rings. The van der Waals surface area contributed by atoms with Crippen molar-refractivity contribution < 1.29 is 29.0 Å². The Balaban J connectivity index is 1.00. The molecule has 4 heterocycles. The summed E-state index contributed by atoms with van der Waals surface area (Å²) in [6.07, 6.45) is 16.7. The highest BCUT2D eigenvalue weighted by atomic mass is 32.1. The zero-order chi connectivity index (χ0) is 33.8. The Morgan fingerprint density at radius 1 is 1.17 bits per heavy atom. The summed E-state index contributed by atoms with van der Waals surface area (Å²) in [7, 11) is 1.96. The van der Waals surface area contributed by atoms with Crippen molar-refractivity contribution in [2.45, 2.75) is 88.8 Å². The summed E-state index contributed by atoms with van der Waals surface area (Å²) in [4.78, 5) is 61.4. The van der Waals surface area contributed by atoms with E-state index in [1.54, 1.807) is 23.7 Å². The fourth-order valence-corrected chi connectivity index (χ4v) is 7.68. The molecule has 12 nitrogen and oxygen atoms in total.